The van der Waals surface area contributed by atoms with Crippen molar-refractivity contribution in [3.05, 3.63) is 101 Å². The molecule has 2 atom stereocenters. The Kier molecular flexibility index (Phi) is 6.76. The van der Waals surface area contributed by atoms with Crippen molar-refractivity contribution in [2.75, 3.05) is 24.5 Å². The summed E-state index contributed by atoms with van der Waals surface area (Å²) in [5.41, 5.74) is 5.45. The van der Waals surface area contributed by atoms with Crippen LogP contribution in [0.4, 0.5) is 5.69 Å². The molecule has 1 saturated heterocycles. The molecule has 4 rings (SSSR count). The minimum absolute atomic E-state index is 0.536. The first-order valence-corrected chi connectivity index (χ1v) is 11.3. The fourth-order valence-corrected chi connectivity index (χ4v) is 4.59. The van der Waals surface area contributed by atoms with Gasteiger partial charge in [-0.05, 0) is 52.8 Å². The van der Waals surface area contributed by atoms with Gasteiger partial charge in [0.25, 0.3) is 0 Å². The van der Waals surface area contributed by atoms with Gasteiger partial charge in [-0.1, -0.05) is 80.0 Å². The maximum atomic E-state index is 6.16. The number of nitrogens with zero attached hydrogens (tertiary/aromatic N) is 1. The number of hydrogen-bond acceptors (Lipinski definition) is 2. The quantitative estimate of drug-likeness (QED) is 0.472. The van der Waals surface area contributed by atoms with E-state index in [4.69, 9.17) is 11.6 Å². The van der Waals surface area contributed by atoms with Gasteiger partial charge in [-0.25, -0.2) is 0 Å². The Morgan fingerprint density at radius 2 is 1.70 bits per heavy atom. The summed E-state index contributed by atoms with van der Waals surface area (Å²) in [6, 6.07) is 28.2. The second-order valence-corrected chi connectivity index (χ2v) is 9.13. The summed E-state index contributed by atoms with van der Waals surface area (Å²) in [4.78, 5) is 2.50. The molecule has 1 N–H and O–H groups in total. The third kappa shape index (κ3) is 5.06. The lowest BCUT2D eigenvalue weighted by Gasteiger charge is -2.30. The number of anilines is 1. The minimum Gasteiger partial charge on any atom is -0.367 e. The zero-order valence-corrected chi connectivity index (χ0v) is 18.6. The first-order valence-electron chi connectivity index (χ1n) is 10.9. The van der Waals surface area contributed by atoms with E-state index in [0.29, 0.717) is 17.8 Å². The summed E-state index contributed by atoms with van der Waals surface area (Å²) in [7, 11) is 0. The van der Waals surface area contributed by atoms with Crippen LogP contribution in [0.3, 0.4) is 0 Å². The molecule has 3 aromatic carbocycles. The first kappa shape index (κ1) is 21.0. The lowest BCUT2D eigenvalue weighted by atomic mass is 9.86. The summed E-state index contributed by atoms with van der Waals surface area (Å²) in [5, 5.41) is 4.43. The summed E-state index contributed by atoms with van der Waals surface area (Å²) < 4.78 is 0. The molecule has 2 nitrogen and oxygen atoms in total. The Morgan fingerprint density at radius 1 is 0.933 bits per heavy atom. The van der Waals surface area contributed by atoms with Gasteiger partial charge in [0.15, 0.2) is 0 Å². The van der Waals surface area contributed by atoms with Gasteiger partial charge in [-0.2, -0.15) is 0 Å². The first-order chi connectivity index (χ1) is 14.6. The molecule has 1 aliphatic heterocycles. The van der Waals surface area contributed by atoms with Crippen LogP contribution in [0.5, 0.6) is 0 Å². The molecule has 30 heavy (non-hydrogen) atoms. The minimum atomic E-state index is 0.536. The highest BCUT2D eigenvalue weighted by Gasteiger charge is 2.30. The summed E-state index contributed by atoms with van der Waals surface area (Å²) in [6.07, 6.45) is 0. The average Bonchev–Trinajstić information content (AvgIpc) is 3.23. The van der Waals surface area contributed by atoms with Gasteiger partial charge in [0.05, 0.1) is 0 Å². The van der Waals surface area contributed by atoms with E-state index < -0.39 is 0 Å². The maximum Gasteiger partial charge on any atom is 0.0429 e. The average molecular weight is 419 g/mol. The van der Waals surface area contributed by atoms with E-state index in [1.165, 1.54) is 22.4 Å². The predicted octanol–water partition coefficient (Wildman–Crippen LogP) is 6.47. The summed E-state index contributed by atoms with van der Waals surface area (Å²) in [6.45, 7) is 8.55. The van der Waals surface area contributed by atoms with Crippen LogP contribution in [-0.2, 0) is 6.54 Å². The molecule has 1 unspecified atom stereocenters. The summed E-state index contributed by atoms with van der Waals surface area (Å²) in [5.74, 6) is 1.66. The van der Waals surface area contributed by atoms with Crippen molar-refractivity contribution in [3.8, 4) is 0 Å². The van der Waals surface area contributed by atoms with E-state index in [0.717, 1.165) is 31.2 Å². The largest absolute Gasteiger partial charge is 0.367 e. The molecule has 0 saturated carbocycles. The SMILES string of the molecule is CC(C)c1cccc(C2CNC[C@@H]2CN(Cc2ccccc2)c2ccc(Cl)cc2)c1. The van der Waals surface area contributed by atoms with Gasteiger partial charge in [0.2, 0.25) is 0 Å². The van der Waals surface area contributed by atoms with Gasteiger partial charge >= 0.3 is 0 Å². The van der Waals surface area contributed by atoms with Gasteiger partial charge in [0.1, 0.15) is 0 Å². The van der Waals surface area contributed by atoms with Crippen LogP contribution in [0, 0.1) is 5.92 Å². The van der Waals surface area contributed by atoms with E-state index in [2.05, 4.69) is 90.8 Å². The van der Waals surface area contributed by atoms with Crippen molar-refractivity contribution >= 4 is 17.3 Å². The highest BCUT2D eigenvalue weighted by Crippen LogP contribution is 2.32. The summed E-state index contributed by atoms with van der Waals surface area (Å²) >= 11 is 6.16. The topological polar surface area (TPSA) is 15.3 Å². The number of rotatable bonds is 7. The lowest BCUT2D eigenvalue weighted by molar-refractivity contribution is 0.504. The van der Waals surface area contributed by atoms with E-state index in [1.807, 2.05) is 12.1 Å². The zero-order chi connectivity index (χ0) is 20.9. The van der Waals surface area contributed by atoms with E-state index >= 15 is 0 Å². The molecule has 0 radical (unpaired) electrons. The molecule has 3 heteroatoms. The van der Waals surface area contributed by atoms with Crippen LogP contribution < -0.4 is 10.2 Å². The standard InChI is InChI=1S/C27H31ClN2/c1-20(2)22-9-6-10-23(15-22)27-17-29-16-24(27)19-30(18-21-7-4-3-5-8-21)26-13-11-25(28)12-14-26/h3-15,20,24,27,29H,16-19H2,1-2H3/t24-,27?/m1/s1. The van der Waals surface area contributed by atoms with E-state index in [9.17, 15) is 0 Å². The van der Waals surface area contributed by atoms with Crippen LogP contribution in [0.25, 0.3) is 0 Å². The third-order valence-corrected chi connectivity index (χ3v) is 6.46. The molecular formula is C27H31ClN2. The van der Waals surface area contributed by atoms with Crippen LogP contribution in [0.1, 0.15) is 42.4 Å². The second-order valence-electron chi connectivity index (χ2n) is 8.69. The van der Waals surface area contributed by atoms with Crippen LogP contribution in [0.2, 0.25) is 5.02 Å². The number of hydrogen-bond donors (Lipinski definition) is 1. The molecule has 3 aromatic rings. The highest BCUT2D eigenvalue weighted by molar-refractivity contribution is 6.30. The van der Waals surface area contributed by atoms with E-state index in [-0.39, 0.29) is 0 Å². The van der Waals surface area contributed by atoms with Crippen molar-refractivity contribution in [1.29, 1.82) is 0 Å². The second kappa shape index (κ2) is 9.68. The van der Waals surface area contributed by atoms with Crippen molar-refractivity contribution in [2.24, 2.45) is 5.92 Å². The molecule has 0 aromatic heterocycles. The number of halogens is 1. The monoisotopic (exact) mass is 418 g/mol. The molecular weight excluding hydrogens is 388 g/mol. The molecule has 0 aliphatic carbocycles. The zero-order valence-electron chi connectivity index (χ0n) is 17.9. The maximum absolute atomic E-state index is 6.16. The molecule has 0 bridgehead atoms. The van der Waals surface area contributed by atoms with Crippen molar-refractivity contribution in [3.63, 3.8) is 0 Å². The fourth-order valence-electron chi connectivity index (χ4n) is 4.46. The van der Waals surface area contributed by atoms with Gasteiger partial charge in [-0.3, -0.25) is 0 Å². The Morgan fingerprint density at radius 3 is 2.43 bits per heavy atom. The lowest BCUT2D eigenvalue weighted by Crippen LogP contribution is -2.32. The Hall–Kier alpha value is -2.29. The number of nitrogens with one attached hydrogen (secondary N) is 1. The van der Waals surface area contributed by atoms with Crippen LogP contribution >= 0.6 is 11.6 Å². The molecule has 1 heterocycles. The predicted molar refractivity (Wildman–Crippen MR) is 129 cm³/mol. The third-order valence-electron chi connectivity index (χ3n) is 6.21. The Labute approximate surface area is 185 Å². The van der Waals surface area contributed by atoms with Crippen molar-refractivity contribution in [2.45, 2.75) is 32.2 Å². The molecule has 1 fully saturated rings. The van der Waals surface area contributed by atoms with Crippen molar-refractivity contribution < 1.29 is 0 Å². The van der Waals surface area contributed by atoms with Crippen LogP contribution in [0.15, 0.2) is 78.9 Å². The Balaban J connectivity index is 1.58. The molecule has 1 aliphatic rings. The number of benzene rings is 3. The van der Waals surface area contributed by atoms with Crippen molar-refractivity contribution in [1.82, 2.24) is 5.32 Å². The normalized spacial score (nSPS) is 18.7. The van der Waals surface area contributed by atoms with E-state index in [1.54, 1.807) is 0 Å². The van der Waals surface area contributed by atoms with Gasteiger partial charge in [0, 0.05) is 42.8 Å². The van der Waals surface area contributed by atoms with Crippen LogP contribution in [-0.4, -0.2) is 19.6 Å². The highest BCUT2D eigenvalue weighted by atomic mass is 35.5. The fraction of sp³-hybridized carbons (Fsp3) is 0.333. The molecule has 0 amide bonds. The molecule has 0 spiro atoms. The smallest absolute Gasteiger partial charge is 0.0429 e. The van der Waals surface area contributed by atoms with Gasteiger partial charge in [-0.15, -0.1) is 0 Å². The Bertz CT molecular complexity index is 937. The molecule has 156 valence electrons. The van der Waals surface area contributed by atoms with Gasteiger partial charge < -0.3 is 10.2 Å².